The van der Waals surface area contributed by atoms with E-state index in [9.17, 15) is 4.79 Å². The van der Waals surface area contributed by atoms with Gasteiger partial charge in [0.25, 0.3) is 5.91 Å². The van der Waals surface area contributed by atoms with Crippen molar-refractivity contribution in [3.63, 3.8) is 0 Å². The highest BCUT2D eigenvalue weighted by Gasteiger charge is 2.11. The third-order valence-electron chi connectivity index (χ3n) is 3.10. The van der Waals surface area contributed by atoms with Crippen molar-refractivity contribution in [2.24, 2.45) is 5.92 Å². The lowest BCUT2D eigenvalue weighted by Crippen LogP contribution is -2.28. The molecule has 100 valence electrons. The van der Waals surface area contributed by atoms with E-state index in [1.54, 1.807) is 6.20 Å². The van der Waals surface area contributed by atoms with Crippen molar-refractivity contribution < 1.29 is 4.79 Å². The number of pyridine rings is 1. The molecule has 19 heavy (non-hydrogen) atoms. The Hall–Kier alpha value is -1.61. The van der Waals surface area contributed by atoms with Gasteiger partial charge in [0.2, 0.25) is 0 Å². The average molecular weight is 277 g/mol. The Kier molecular flexibility index (Phi) is 4.74. The minimum Gasteiger partial charge on any atom is -0.352 e. The van der Waals surface area contributed by atoms with E-state index in [2.05, 4.69) is 17.2 Å². The monoisotopic (exact) mass is 276 g/mol. The largest absolute Gasteiger partial charge is 0.352 e. The number of hydrogen-bond acceptors (Lipinski definition) is 2. The first-order chi connectivity index (χ1) is 9.22. The van der Waals surface area contributed by atoms with E-state index in [0.29, 0.717) is 23.9 Å². The van der Waals surface area contributed by atoms with Crippen LogP contribution >= 0.6 is 11.6 Å². The molecular weight excluding hydrogens is 260 g/mol. The van der Waals surface area contributed by atoms with Gasteiger partial charge in [0.1, 0.15) is 0 Å². The van der Waals surface area contributed by atoms with Gasteiger partial charge in [0, 0.05) is 29.6 Å². The van der Waals surface area contributed by atoms with Crippen LogP contribution in [0.2, 0.25) is 0 Å². The van der Waals surface area contributed by atoms with Crippen LogP contribution in [0.25, 0.3) is 10.9 Å². The molecule has 0 aliphatic rings. The van der Waals surface area contributed by atoms with Gasteiger partial charge in [0.05, 0.1) is 5.52 Å². The minimum absolute atomic E-state index is 0.0555. The molecule has 0 saturated heterocycles. The molecule has 1 heterocycles. The molecule has 1 atom stereocenters. The number of aromatic nitrogens is 1. The number of halogens is 1. The van der Waals surface area contributed by atoms with Crippen molar-refractivity contribution in [3.05, 3.63) is 42.1 Å². The second-order valence-corrected chi connectivity index (χ2v) is 5.05. The zero-order chi connectivity index (χ0) is 13.7. The number of hydrogen-bond donors (Lipinski definition) is 1. The van der Waals surface area contributed by atoms with Gasteiger partial charge in [-0.1, -0.05) is 19.1 Å². The molecule has 0 aliphatic carbocycles. The standard InChI is InChI=1S/C15H17ClN2O/c1-11(7-8-16)10-18-15(19)13-4-2-6-14-12(13)5-3-9-17-14/h2-6,9,11H,7-8,10H2,1H3,(H,18,19). The first-order valence-corrected chi connectivity index (χ1v) is 6.93. The van der Waals surface area contributed by atoms with Gasteiger partial charge < -0.3 is 5.32 Å². The summed E-state index contributed by atoms with van der Waals surface area (Å²) in [5, 5.41) is 3.83. The third kappa shape index (κ3) is 3.44. The Morgan fingerprint density at radius 3 is 3.00 bits per heavy atom. The van der Waals surface area contributed by atoms with Crippen molar-refractivity contribution in [3.8, 4) is 0 Å². The smallest absolute Gasteiger partial charge is 0.251 e. The molecule has 1 aromatic heterocycles. The van der Waals surface area contributed by atoms with Gasteiger partial charge in [-0.05, 0) is 30.5 Å². The van der Waals surface area contributed by atoms with Crippen LogP contribution in [0.15, 0.2) is 36.5 Å². The Labute approximate surface area is 118 Å². The molecule has 4 heteroatoms. The molecule has 1 amide bonds. The van der Waals surface area contributed by atoms with Crippen LogP contribution < -0.4 is 5.32 Å². The summed E-state index contributed by atoms with van der Waals surface area (Å²) in [6.45, 7) is 2.72. The van der Waals surface area contributed by atoms with Gasteiger partial charge >= 0.3 is 0 Å². The number of nitrogens with zero attached hydrogens (tertiary/aromatic N) is 1. The van der Waals surface area contributed by atoms with Gasteiger partial charge in [-0.3, -0.25) is 9.78 Å². The lowest BCUT2D eigenvalue weighted by molar-refractivity contribution is 0.0949. The Morgan fingerprint density at radius 2 is 2.21 bits per heavy atom. The second-order valence-electron chi connectivity index (χ2n) is 4.67. The second kappa shape index (κ2) is 6.53. The first kappa shape index (κ1) is 13.8. The molecule has 1 N–H and O–H groups in total. The van der Waals surface area contributed by atoms with E-state index in [0.717, 1.165) is 17.3 Å². The zero-order valence-electron chi connectivity index (χ0n) is 10.9. The number of carbonyl (C=O) groups excluding carboxylic acids is 1. The van der Waals surface area contributed by atoms with Crippen molar-refractivity contribution in [1.29, 1.82) is 0 Å². The highest BCUT2D eigenvalue weighted by atomic mass is 35.5. The van der Waals surface area contributed by atoms with Gasteiger partial charge in [-0.15, -0.1) is 11.6 Å². The van der Waals surface area contributed by atoms with Crippen LogP contribution in [0, 0.1) is 5.92 Å². The number of alkyl halides is 1. The van der Waals surface area contributed by atoms with E-state index >= 15 is 0 Å². The summed E-state index contributed by atoms with van der Waals surface area (Å²) in [5.74, 6) is 0.949. The summed E-state index contributed by atoms with van der Waals surface area (Å²) in [5.41, 5.74) is 1.51. The maximum atomic E-state index is 12.2. The van der Waals surface area contributed by atoms with Crippen LogP contribution in [-0.4, -0.2) is 23.3 Å². The molecule has 0 fully saturated rings. The van der Waals surface area contributed by atoms with E-state index in [1.165, 1.54) is 0 Å². The predicted octanol–water partition coefficient (Wildman–Crippen LogP) is 3.23. The predicted molar refractivity (Wildman–Crippen MR) is 78.6 cm³/mol. The zero-order valence-corrected chi connectivity index (χ0v) is 11.7. The summed E-state index contributed by atoms with van der Waals surface area (Å²) < 4.78 is 0. The van der Waals surface area contributed by atoms with Gasteiger partial charge in [-0.2, -0.15) is 0 Å². The summed E-state index contributed by atoms with van der Waals surface area (Å²) in [6.07, 6.45) is 2.63. The van der Waals surface area contributed by atoms with Crippen molar-refractivity contribution >= 4 is 28.4 Å². The van der Waals surface area contributed by atoms with Gasteiger partial charge in [0.15, 0.2) is 0 Å². The highest BCUT2D eigenvalue weighted by Crippen LogP contribution is 2.16. The van der Waals surface area contributed by atoms with Crippen LogP contribution in [0.3, 0.4) is 0 Å². The molecule has 1 unspecified atom stereocenters. The van der Waals surface area contributed by atoms with E-state index in [1.807, 2.05) is 30.3 Å². The summed E-state index contributed by atoms with van der Waals surface area (Å²) >= 11 is 5.69. The molecule has 0 spiro atoms. The molecule has 3 nitrogen and oxygen atoms in total. The molecule has 2 rings (SSSR count). The van der Waals surface area contributed by atoms with Crippen molar-refractivity contribution in [1.82, 2.24) is 10.3 Å². The lowest BCUT2D eigenvalue weighted by atomic mass is 10.1. The third-order valence-corrected chi connectivity index (χ3v) is 3.32. The molecule has 0 bridgehead atoms. The van der Waals surface area contributed by atoms with Crippen molar-refractivity contribution in [2.75, 3.05) is 12.4 Å². The molecular formula is C15H17ClN2O. The topological polar surface area (TPSA) is 42.0 Å². The maximum absolute atomic E-state index is 12.2. The Balaban J connectivity index is 2.13. The number of rotatable bonds is 5. The maximum Gasteiger partial charge on any atom is 0.251 e. The number of amides is 1. The van der Waals surface area contributed by atoms with Crippen LogP contribution in [0.4, 0.5) is 0 Å². The van der Waals surface area contributed by atoms with Crippen molar-refractivity contribution in [2.45, 2.75) is 13.3 Å². The van der Waals surface area contributed by atoms with E-state index in [-0.39, 0.29) is 5.91 Å². The van der Waals surface area contributed by atoms with Gasteiger partial charge in [-0.25, -0.2) is 0 Å². The minimum atomic E-state index is -0.0555. The van der Waals surface area contributed by atoms with Crippen LogP contribution in [0.1, 0.15) is 23.7 Å². The number of fused-ring (bicyclic) bond motifs is 1. The SMILES string of the molecule is CC(CCCl)CNC(=O)c1cccc2ncccc12. The average Bonchev–Trinajstić information content (AvgIpc) is 2.44. The molecule has 0 saturated carbocycles. The normalized spacial score (nSPS) is 12.3. The number of benzene rings is 1. The summed E-state index contributed by atoms with van der Waals surface area (Å²) in [6, 6.07) is 9.34. The Morgan fingerprint density at radius 1 is 1.37 bits per heavy atom. The molecule has 0 radical (unpaired) electrons. The number of carbonyl (C=O) groups is 1. The molecule has 0 aliphatic heterocycles. The lowest BCUT2D eigenvalue weighted by Gasteiger charge is -2.12. The summed E-state index contributed by atoms with van der Waals surface area (Å²) in [4.78, 5) is 16.4. The number of nitrogens with one attached hydrogen (secondary N) is 1. The van der Waals surface area contributed by atoms with Crippen LogP contribution in [0.5, 0.6) is 0 Å². The highest BCUT2D eigenvalue weighted by molar-refractivity contribution is 6.17. The van der Waals surface area contributed by atoms with Crippen LogP contribution in [-0.2, 0) is 0 Å². The molecule has 2 aromatic rings. The fourth-order valence-corrected chi connectivity index (χ4v) is 2.32. The molecule has 1 aromatic carbocycles. The first-order valence-electron chi connectivity index (χ1n) is 6.40. The fraction of sp³-hybridized carbons (Fsp3) is 0.333. The Bertz CT molecular complexity index is 566. The quantitative estimate of drug-likeness (QED) is 0.852. The summed E-state index contributed by atoms with van der Waals surface area (Å²) in [7, 11) is 0. The fourth-order valence-electron chi connectivity index (χ4n) is 1.95. The van der Waals surface area contributed by atoms with E-state index < -0.39 is 0 Å². The van der Waals surface area contributed by atoms with E-state index in [4.69, 9.17) is 11.6 Å².